The molecule has 0 fully saturated rings. The van der Waals surface area contributed by atoms with Gasteiger partial charge in [0.25, 0.3) is 0 Å². The highest BCUT2D eigenvalue weighted by Crippen LogP contribution is 2.35. The van der Waals surface area contributed by atoms with Gasteiger partial charge >= 0.3 is 6.18 Å². The van der Waals surface area contributed by atoms with E-state index in [-0.39, 0.29) is 16.6 Å². The van der Waals surface area contributed by atoms with Crippen LogP contribution in [0.1, 0.15) is 12.5 Å². The molecule has 1 amide bonds. The third kappa shape index (κ3) is 4.42. The zero-order valence-electron chi connectivity index (χ0n) is 14.4. The third-order valence-electron chi connectivity index (χ3n) is 3.68. The minimum absolute atomic E-state index is 0.0714. The maximum Gasteiger partial charge on any atom is 0.418 e. The number of carbonyl (C=O) groups is 1. The molecular weight excluding hydrogens is 395 g/mol. The maximum absolute atomic E-state index is 13.1. The van der Waals surface area contributed by atoms with Crippen molar-refractivity contribution in [2.45, 2.75) is 23.5 Å². The second-order valence-electron chi connectivity index (χ2n) is 5.68. The summed E-state index contributed by atoms with van der Waals surface area (Å²) in [7, 11) is 0. The van der Waals surface area contributed by atoms with Gasteiger partial charge in [0.1, 0.15) is 5.75 Å². The van der Waals surface area contributed by atoms with Crippen molar-refractivity contribution in [2.75, 3.05) is 5.32 Å². The number of halogens is 3. The molecule has 0 spiro atoms. The number of amides is 1. The van der Waals surface area contributed by atoms with Crippen LogP contribution >= 0.6 is 11.8 Å². The molecule has 2 aromatic carbocycles. The van der Waals surface area contributed by atoms with E-state index >= 15 is 0 Å². The number of nitrogens with zero attached hydrogens (tertiary/aromatic N) is 4. The number of carbonyl (C=O) groups excluding carboxylic acids is 1. The number of aromatic nitrogens is 4. The molecule has 1 atom stereocenters. The molecule has 7 nitrogen and oxygen atoms in total. The highest BCUT2D eigenvalue weighted by atomic mass is 32.2. The molecule has 3 rings (SSSR count). The molecule has 0 bridgehead atoms. The molecule has 3 aromatic rings. The Bertz CT molecular complexity index is 975. The summed E-state index contributed by atoms with van der Waals surface area (Å²) in [5.74, 6) is -0.552. The van der Waals surface area contributed by atoms with E-state index in [1.54, 1.807) is 12.1 Å². The van der Waals surface area contributed by atoms with Gasteiger partial charge in [-0.25, -0.2) is 0 Å². The van der Waals surface area contributed by atoms with Crippen LogP contribution in [0.25, 0.3) is 5.69 Å². The monoisotopic (exact) mass is 409 g/mol. The maximum atomic E-state index is 13.1. The first kappa shape index (κ1) is 19.7. The number of hydrogen-bond acceptors (Lipinski definition) is 6. The molecule has 0 saturated carbocycles. The molecule has 0 saturated heterocycles. The Morgan fingerprint density at radius 2 is 1.86 bits per heavy atom. The van der Waals surface area contributed by atoms with Gasteiger partial charge in [0.05, 0.1) is 22.2 Å². The lowest BCUT2D eigenvalue weighted by Gasteiger charge is -2.16. The number of phenols is 1. The van der Waals surface area contributed by atoms with E-state index in [2.05, 4.69) is 20.8 Å². The van der Waals surface area contributed by atoms with E-state index in [1.807, 2.05) is 0 Å². The van der Waals surface area contributed by atoms with Crippen molar-refractivity contribution >= 4 is 23.4 Å². The Labute approximate surface area is 161 Å². The van der Waals surface area contributed by atoms with E-state index in [4.69, 9.17) is 0 Å². The number of phenolic OH excluding ortho intramolecular Hbond substituents is 1. The summed E-state index contributed by atoms with van der Waals surface area (Å²) in [5.41, 5.74) is -0.680. The lowest BCUT2D eigenvalue weighted by molar-refractivity contribution is -0.137. The fourth-order valence-corrected chi connectivity index (χ4v) is 3.10. The van der Waals surface area contributed by atoms with Gasteiger partial charge in [0.2, 0.25) is 11.1 Å². The number of thioether (sulfide) groups is 1. The Hall–Kier alpha value is -3.08. The largest absolute Gasteiger partial charge is 0.508 e. The first-order valence-electron chi connectivity index (χ1n) is 7.97. The molecule has 1 heterocycles. The molecular formula is C17H14F3N5O2S. The molecule has 1 aromatic heterocycles. The molecule has 146 valence electrons. The van der Waals surface area contributed by atoms with Gasteiger partial charge in [-0.2, -0.15) is 17.9 Å². The minimum Gasteiger partial charge on any atom is -0.508 e. The normalized spacial score (nSPS) is 12.6. The summed E-state index contributed by atoms with van der Waals surface area (Å²) in [6.07, 6.45) is -4.58. The van der Waals surface area contributed by atoms with Crippen LogP contribution in [-0.2, 0) is 11.0 Å². The summed E-state index contributed by atoms with van der Waals surface area (Å²) < 4.78 is 40.6. The van der Waals surface area contributed by atoms with Crippen molar-refractivity contribution in [2.24, 2.45) is 0 Å². The predicted molar refractivity (Wildman–Crippen MR) is 96.2 cm³/mol. The average Bonchev–Trinajstić information content (AvgIpc) is 3.10. The zero-order valence-corrected chi connectivity index (χ0v) is 15.2. The Balaban J connectivity index is 1.75. The fraction of sp³-hybridized carbons (Fsp3) is 0.176. The number of tetrazole rings is 1. The van der Waals surface area contributed by atoms with Crippen LogP contribution in [0.2, 0.25) is 0 Å². The molecule has 28 heavy (non-hydrogen) atoms. The number of aromatic hydroxyl groups is 1. The summed E-state index contributed by atoms with van der Waals surface area (Å²) in [4.78, 5) is 12.4. The lowest BCUT2D eigenvalue weighted by Crippen LogP contribution is -2.24. The average molecular weight is 409 g/mol. The van der Waals surface area contributed by atoms with Gasteiger partial charge in [-0.3, -0.25) is 4.79 Å². The molecule has 0 aliphatic rings. The molecule has 11 heteroatoms. The van der Waals surface area contributed by atoms with Crippen molar-refractivity contribution in [1.82, 2.24) is 20.2 Å². The van der Waals surface area contributed by atoms with E-state index in [1.165, 1.54) is 41.9 Å². The van der Waals surface area contributed by atoms with Crippen LogP contribution in [-0.4, -0.2) is 36.5 Å². The Morgan fingerprint density at radius 3 is 2.54 bits per heavy atom. The number of alkyl halides is 3. The number of anilines is 1. The van der Waals surface area contributed by atoms with Gasteiger partial charge in [0.15, 0.2) is 0 Å². The smallest absolute Gasteiger partial charge is 0.418 e. The highest BCUT2D eigenvalue weighted by Gasteiger charge is 2.34. The van der Waals surface area contributed by atoms with Crippen molar-refractivity contribution in [1.29, 1.82) is 0 Å². The van der Waals surface area contributed by atoms with Crippen molar-refractivity contribution < 1.29 is 23.1 Å². The van der Waals surface area contributed by atoms with Crippen LogP contribution in [0.15, 0.2) is 53.7 Å². The van der Waals surface area contributed by atoms with Gasteiger partial charge in [-0.05, 0) is 53.7 Å². The van der Waals surface area contributed by atoms with Crippen LogP contribution in [0, 0.1) is 0 Å². The molecule has 2 N–H and O–H groups in total. The minimum atomic E-state index is -4.58. The SMILES string of the molecule is CC(Sc1nnnn1-c1ccc(O)cc1)C(=O)Nc1ccccc1C(F)(F)F. The van der Waals surface area contributed by atoms with Gasteiger partial charge in [-0.15, -0.1) is 5.10 Å². The van der Waals surface area contributed by atoms with Gasteiger partial charge < -0.3 is 10.4 Å². The molecule has 0 radical (unpaired) electrons. The first-order chi connectivity index (χ1) is 13.3. The predicted octanol–water partition coefficient (Wildman–Crippen LogP) is 3.51. The molecule has 0 aliphatic heterocycles. The zero-order chi connectivity index (χ0) is 20.3. The van der Waals surface area contributed by atoms with Crippen LogP contribution in [0.5, 0.6) is 5.75 Å². The van der Waals surface area contributed by atoms with Gasteiger partial charge in [-0.1, -0.05) is 23.9 Å². The van der Waals surface area contributed by atoms with E-state index in [0.29, 0.717) is 5.69 Å². The first-order valence-corrected chi connectivity index (χ1v) is 8.85. The van der Waals surface area contributed by atoms with Crippen LogP contribution < -0.4 is 5.32 Å². The number of para-hydroxylation sites is 1. The lowest BCUT2D eigenvalue weighted by atomic mass is 10.1. The quantitative estimate of drug-likeness (QED) is 0.627. The third-order valence-corrected chi connectivity index (χ3v) is 4.71. The highest BCUT2D eigenvalue weighted by molar-refractivity contribution is 8.00. The van der Waals surface area contributed by atoms with Crippen LogP contribution in [0.3, 0.4) is 0 Å². The molecule has 1 unspecified atom stereocenters. The summed E-state index contributed by atoms with van der Waals surface area (Å²) in [6.45, 7) is 1.53. The van der Waals surface area contributed by atoms with Crippen molar-refractivity contribution in [3.05, 3.63) is 54.1 Å². The van der Waals surface area contributed by atoms with Crippen molar-refractivity contribution in [3.8, 4) is 11.4 Å². The fourth-order valence-electron chi connectivity index (χ4n) is 2.29. The van der Waals surface area contributed by atoms with Crippen molar-refractivity contribution in [3.63, 3.8) is 0 Å². The summed E-state index contributed by atoms with van der Waals surface area (Å²) in [5, 5.41) is 22.4. The second kappa shape index (κ2) is 7.89. The number of hydrogen-bond donors (Lipinski definition) is 2. The van der Waals surface area contributed by atoms with Crippen LogP contribution in [0.4, 0.5) is 18.9 Å². The number of benzene rings is 2. The standard InChI is InChI=1S/C17H14F3N5O2S/c1-10(15(27)21-14-5-3-2-4-13(14)17(18,19)20)28-16-22-23-24-25(16)11-6-8-12(26)9-7-11/h2-10,26H,1H3,(H,21,27). The second-order valence-corrected chi connectivity index (χ2v) is 6.99. The van der Waals surface area contributed by atoms with E-state index in [9.17, 15) is 23.1 Å². The Kier molecular flexibility index (Phi) is 5.54. The van der Waals surface area contributed by atoms with E-state index < -0.39 is 22.9 Å². The number of nitrogens with one attached hydrogen (secondary N) is 1. The summed E-state index contributed by atoms with van der Waals surface area (Å²) in [6, 6.07) is 10.8. The number of rotatable bonds is 5. The molecule has 0 aliphatic carbocycles. The topological polar surface area (TPSA) is 92.9 Å². The summed E-state index contributed by atoms with van der Waals surface area (Å²) >= 11 is 0.988. The van der Waals surface area contributed by atoms with Gasteiger partial charge in [0, 0.05) is 0 Å². The Morgan fingerprint density at radius 1 is 1.18 bits per heavy atom. The van der Waals surface area contributed by atoms with E-state index in [0.717, 1.165) is 17.8 Å².